The minimum Gasteiger partial charge on any atom is -0.345 e. The second-order valence-corrected chi connectivity index (χ2v) is 5.50. The second-order valence-electron chi connectivity index (χ2n) is 3.65. The van der Waals surface area contributed by atoms with Gasteiger partial charge in [0.25, 0.3) is 0 Å². The number of halogens is 1. The molecule has 1 atom stereocenters. The zero-order chi connectivity index (χ0) is 12.1. The van der Waals surface area contributed by atoms with Crippen molar-refractivity contribution < 1.29 is 4.79 Å². The van der Waals surface area contributed by atoms with Crippen molar-refractivity contribution in [1.29, 1.82) is 0 Å². The lowest BCUT2D eigenvalue weighted by Crippen LogP contribution is -2.42. The van der Waals surface area contributed by atoms with Gasteiger partial charge in [0.2, 0.25) is 5.91 Å². The first-order valence-corrected chi connectivity index (χ1v) is 6.93. The number of carbonyl (C=O) groups is 1. The summed E-state index contributed by atoms with van der Waals surface area (Å²) < 4.78 is 1.11. The third-order valence-corrected chi connectivity index (χ3v) is 4.41. The summed E-state index contributed by atoms with van der Waals surface area (Å²) >= 11 is 5.15. The van der Waals surface area contributed by atoms with Gasteiger partial charge in [0.1, 0.15) is 0 Å². The van der Waals surface area contributed by atoms with E-state index < -0.39 is 0 Å². The van der Waals surface area contributed by atoms with E-state index in [2.05, 4.69) is 21.2 Å². The fourth-order valence-electron chi connectivity index (χ4n) is 1.27. The van der Waals surface area contributed by atoms with Crippen molar-refractivity contribution in [3.8, 4) is 0 Å². The quantitative estimate of drug-likeness (QED) is 0.906. The van der Waals surface area contributed by atoms with Gasteiger partial charge in [-0.15, -0.1) is 11.3 Å². The molecule has 0 fully saturated rings. The molecule has 0 spiro atoms. The van der Waals surface area contributed by atoms with Gasteiger partial charge in [-0.3, -0.25) is 4.79 Å². The number of thiophene rings is 1. The average Bonchev–Trinajstić information content (AvgIpc) is 2.69. The highest BCUT2D eigenvalue weighted by Gasteiger charge is 2.15. The first-order chi connectivity index (χ1) is 7.56. The van der Waals surface area contributed by atoms with Crippen LogP contribution in [0.3, 0.4) is 0 Å². The number of likely N-dealkylation sites (N-methyl/N-ethyl adjacent to an activating group) is 1. The molecule has 1 unspecified atom stereocenters. The first kappa shape index (κ1) is 13.7. The van der Waals surface area contributed by atoms with Crippen molar-refractivity contribution in [3.05, 3.63) is 20.8 Å². The van der Waals surface area contributed by atoms with Crippen LogP contribution in [0.15, 0.2) is 15.9 Å². The summed E-state index contributed by atoms with van der Waals surface area (Å²) in [5.74, 6) is 0.134. The van der Waals surface area contributed by atoms with E-state index in [9.17, 15) is 4.79 Å². The van der Waals surface area contributed by atoms with Gasteiger partial charge in [-0.25, -0.2) is 0 Å². The van der Waals surface area contributed by atoms with Gasteiger partial charge < -0.3 is 10.2 Å². The van der Waals surface area contributed by atoms with Crippen molar-refractivity contribution in [2.75, 3.05) is 13.6 Å². The lowest BCUT2D eigenvalue weighted by atomic mass is 10.3. The summed E-state index contributed by atoms with van der Waals surface area (Å²) in [4.78, 5) is 14.7. The lowest BCUT2D eigenvalue weighted by molar-refractivity contribution is -0.131. The predicted molar refractivity (Wildman–Crippen MR) is 71.6 cm³/mol. The number of amides is 1. The van der Waals surface area contributed by atoms with Crippen molar-refractivity contribution in [3.63, 3.8) is 0 Å². The van der Waals surface area contributed by atoms with Crippen LogP contribution < -0.4 is 5.32 Å². The Morgan fingerprint density at radius 3 is 2.88 bits per heavy atom. The van der Waals surface area contributed by atoms with Crippen molar-refractivity contribution in [2.24, 2.45) is 0 Å². The number of hydrogen-bond donors (Lipinski definition) is 1. The molecule has 0 aromatic carbocycles. The SMILES string of the molecule is CCN(C)C(=O)C(C)NCc1sccc1Br. The molecule has 1 amide bonds. The fourth-order valence-corrected chi connectivity index (χ4v) is 2.71. The summed E-state index contributed by atoms with van der Waals surface area (Å²) in [6.07, 6.45) is 0. The first-order valence-electron chi connectivity index (χ1n) is 5.26. The van der Waals surface area contributed by atoms with E-state index in [-0.39, 0.29) is 11.9 Å². The van der Waals surface area contributed by atoms with E-state index in [0.29, 0.717) is 0 Å². The molecule has 0 saturated carbocycles. The van der Waals surface area contributed by atoms with Gasteiger partial charge in [-0.2, -0.15) is 0 Å². The van der Waals surface area contributed by atoms with Crippen LogP contribution in [-0.2, 0) is 11.3 Å². The van der Waals surface area contributed by atoms with Crippen LogP contribution in [0.1, 0.15) is 18.7 Å². The third kappa shape index (κ3) is 3.57. The van der Waals surface area contributed by atoms with E-state index >= 15 is 0 Å². The molecule has 0 aliphatic rings. The molecule has 1 heterocycles. The number of nitrogens with one attached hydrogen (secondary N) is 1. The molecule has 16 heavy (non-hydrogen) atoms. The van der Waals surface area contributed by atoms with Crippen molar-refractivity contribution >= 4 is 33.2 Å². The highest BCUT2D eigenvalue weighted by Crippen LogP contribution is 2.22. The molecule has 5 heteroatoms. The molecule has 0 saturated heterocycles. The maximum atomic E-state index is 11.8. The van der Waals surface area contributed by atoms with Gasteiger partial charge in [0.15, 0.2) is 0 Å². The minimum atomic E-state index is -0.140. The summed E-state index contributed by atoms with van der Waals surface area (Å²) in [5, 5.41) is 5.26. The largest absolute Gasteiger partial charge is 0.345 e. The van der Waals surface area contributed by atoms with Crippen LogP contribution >= 0.6 is 27.3 Å². The zero-order valence-corrected chi connectivity index (χ0v) is 12.2. The van der Waals surface area contributed by atoms with E-state index in [4.69, 9.17) is 0 Å². The van der Waals surface area contributed by atoms with E-state index in [1.165, 1.54) is 4.88 Å². The van der Waals surface area contributed by atoms with Crippen molar-refractivity contribution in [1.82, 2.24) is 10.2 Å². The van der Waals surface area contributed by atoms with Crippen LogP contribution in [-0.4, -0.2) is 30.4 Å². The van der Waals surface area contributed by atoms with Crippen LogP contribution in [0.5, 0.6) is 0 Å². The molecule has 90 valence electrons. The highest BCUT2D eigenvalue weighted by molar-refractivity contribution is 9.10. The van der Waals surface area contributed by atoms with Crippen LogP contribution in [0.2, 0.25) is 0 Å². The Labute approximate surface area is 109 Å². The standard InChI is InChI=1S/C11H17BrN2OS/c1-4-14(3)11(15)8(2)13-7-10-9(12)5-6-16-10/h5-6,8,13H,4,7H2,1-3H3. The Hall–Kier alpha value is -0.390. The maximum absolute atomic E-state index is 11.8. The molecule has 1 rings (SSSR count). The van der Waals surface area contributed by atoms with Gasteiger partial charge in [-0.1, -0.05) is 0 Å². The summed E-state index contributed by atoms with van der Waals surface area (Å²) in [6.45, 7) is 5.34. The normalized spacial score (nSPS) is 12.5. The van der Waals surface area contributed by atoms with Gasteiger partial charge in [-0.05, 0) is 41.2 Å². The molecule has 3 nitrogen and oxygen atoms in total. The van der Waals surface area contributed by atoms with Crippen LogP contribution in [0, 0.1) is 0 Å². The Kier molecular flexibility index (Phi) is 5.44. The highest BCUT2D eigenvalue weighted by atomic mass is 79.9. The maximum Gasteiger partial charge on any atom is 0.239 e. The van der Waals surface area contributed by atoms with E-state index in [1.807, 2.05) is 32.3 Å². The van der Waals surface area contributed by atoms with Crippen LogP contribution in [0.25, 0.3) is 0 Å². The number of hydrogen-bond acceptors (Lipinski definition) is 3. The molecule has 0 bridgehead atoms. The second kappa shape index (κ2) is 6.37. The fraction of sp³-hybridized carbons (Fsp3) is 0.545. The van der Waals surface area contributed by atoms with Gasteiger partial charge in [0, 0.05) is 29.5 Å². The van der Waals surface area contributed by atoms with Crippen molar-refractivity contribution in [2.45, 2.75) is 26.4 Å². The van der Waals surface area contributed by atoms with E-state index in [0.717, 1.165) is 17.6 Å². The third-order valence-electron chi connectivity index (χ3n) is 2.48. The Bertz CT molecular complexity index is 354. The molecule has 0 aliphatic heterocycles. The molecule has 1 aromatic heterocycles. The molecular formula is C11H17BrN2OS. The van der Waals surface area contributed by atoms with E-state index in [1.54, 1.807) is 16.2 Å². The Balaban J connectivity index is 2.44. The molecule has 0 aliphatic carbocycles. The molecule has 1 aromatic rings. The van der Waals surface area contributed by atoms with Gasteiger partial charge >= 0.3 is 0 Å². The monoisotopic (exact) mass is 304 g/mol. The lowest BCUT2D eigenvalue weighted by Gasteiger charge is -2.20. The Morgan fingerprint density at radius 2 is 2.38 bits per heavy atom. The molecular weight excluding hydrogens is 288 g/mol. The topological polar surface area (TPSA) is 32.3 Å². The summed E-state index contributed by atoms with van der Waals surface area (Å²) in [5.41, 5.74) is 0. The zero-order valence-electron chi connectivity index (χ0n) is 9.79. The smallest absolute Gasteiger partial charge is 0.239 e. The number of rotatable bonds is 5. The van der Waals surface area contributed by atoms with Crippen LogP contribution in [0.4, 0.5) is 0 Å². The molecule has 1 N–H and O–H groups in total. The van der Waals surface area contributed by atoms with Gasteiger partial charge in [0.05, 0.1) is 6.04 Å². The average molecular weight is 305 g/mol. The number of carbonyl (C=O) groups excluding carboxylic acids is 1. The number of nitrogens with zero attached hydrogens (tertiary/aromatic N) is 1. The molecule has 0 radical (unpaired) electrons. The minimum absolute atomic E-state index is 0.134. The summed E-state index contributed by atoms with van der Waals surface area (Å²) in [6, 6.07) is 1.88. The summed E-state index contributed by atoms with van der Waals surface area (Å²) in [7, 11) is 1.82. The predicted octanol–water partition coefficient (Wildman–Crippen LogP) is 2.47. The Morgan fingerprint density at radius 1 is 1.69 bits per heavy atom.